The quantitative estimate of drug-likeness (QED) is 0.873. The van der Waals surface area contributed by atoms with E-state index in [0.29, 0.717) is 37.0 Å². The summed E-state index contributed by atoms with van der Waals surface area (Å²) >= 11 is 0. The summed E-state index contributed by atoms with van der Waals surface area (Å²) in [4.78, 5) is 12.2. The molecule has 0 bridgehead atoms. The van der Waals surface area contributed by atoms with Crippen LogP contribution in [0.4, 0.5) is 10.2 Å². The Bertz CT molecular complexity index is 726. The first-order valence-corrected chi connectivity index (χ1v) is 8.44. The first-order valence-electron chi connectivity index (χ1n) is 8.44. The zero-order valence-electron chi connectivity index (χ0n) is 14.2. The van der Waals surface area contributed by atoms with Crippen LogP contribution in [0, 0.1) is 12.7 Å². The summed E-state index contributed by atoms with van der Waals surface area (Å²) in [5.74, 6) is -0.146. The number of carbonyl (C=O) groups excluding carboxylic acids is 1. The average molecular weight is 347 g/mol. The van der Waals surface area contributed by atoms with Gasteiger partial charge in [0.1, 0.15) is 17.3 Å². The number of benzene rings is 1. The van der Waals surface area contributed by atoms with Gasteiger partial charge in [-0.2, -0.15) is 5.10 Å². The molecule has 6 nitrogen and oxygen atoms in total. The monoisotopic (exact) mass is 347 g/mol. The van der Waals surface area contributed by atoms with Gasteiger partial charge in [-0.25, -0.2) is 9.07 Å². The van der Waals surface area contributed by atoms with Gasteiger partial charge < -0.3 is 14.8 Å². The lowest BCUT2D eigenvalue weighted by molar-refractivity contribution is -0.118. The van der Waals surface area contributed by atoms with Gasteiger partial charge >= 0.3 is 0 Å². The lowest BCUT2D eigenvalue weighted by Crippen LogP contribution is -2.25. The molecule has 1 aliphatic rings. The van der Waals surface area contributed by atoms with Crippen molar-refractivity contribution in [2.45, 2.75) is 32.3 Å². The number of aryl methyl sites for hydroxylation is 1. The average Bonchev–Trinajstić information content (AvgIpc) is 2.96. The van der Waals surface area contributed by atoms with Crippen molar-refractivity contribution in [1.29, 1.82) is 0 Å². The van der Waals surface area contributed by atoms with E-state index >= 15 is 0 Å². The largest absolute Gasteiger partial charge is 0.381 e. The summed E-state index contributed by atoms with van der Waals surface area (Å²) < 4.78 is 26.4. The number of ether oxygens (including phenoxy) is 2. The highest BCUT2D eigenvalue weighted by molar-refractivity contribution is 5.90. The standard InChI is InChI=1S/C18H22FN3O3/c1-13-12-17(22(21-13)16-5-3-2-4-15(16)19)20-18(23)8-11-25-14-6-9-24-10-7-14/h2-5,12,14H,6-11H2,1H3,(H,20,23). The molecule has 7 heteroatoms. The second kappa shape index (κ2) is 8.22. The van der Waals surface area contributed by atoms with Crippen LogP contribution in [-0.4, -0.2) is 41.6 Å². The molecule has 2 aromatic rings. The number of amides is 1. The molecular formula is C18H22FN3O3. The van der Waals surface area contributed by atoms with E-state index in [2.05, 4.69) is 10.4 Å². The van der Waals surface area contributed by atoms with Crippen molar-refractivity contribution in [2.75, 3.05) is 25.1 Å². The Morgan fingerprint density at radius 2 is 2.16 bits per heavy atom. The first kappa shape index (κ1) is 17.6. The van der Waals surface area contributed by atoms with E-state index < -0.39 is 5.82 Å². The van der Waals surface area contributed by atoms with Gasteiger partial charge in [-0.05, 0) is 31.9 Å². The third-order valence-corrected chi connectivity index (χ3v) is 4.03. The summed E-state index contributed by atoms with van der Waals surface area (Å²) in [5, 5.41) is 7.05. The molecule has 0 spiro atoms. The minimum atomic E-state index is -0.399. The maximum absolute atomic E-state index is 14.0. The second-order valence-corrected chi connectivity index (χ2v) is 6.01. The molecule has 134 valence electrons. The number of anilines is 1. The highest BCUT2D eigenvalue weighted by Crippen LogP contribution is 2.20. The van der Waals surface area contributed by atoms with Gasteiger partial charge in [0.2, 0.25) is 5.91 Å². The predicted octanol–water partition coefficient (Wildman–Crippen LogP) is 2.84. The third kappa shape index (κ3) is 4.64. The van der Waals surface area contributed by atoms with Crippen LogP contribution in [0.2, 0.25) is 0 Å². The molecule has 0 saturated carbocycles. The minimum Gasteiger partial charge on any atom is -0.381 e. The van der Waals surface area contributed by atoms with Crippen molar-refractivity contribution >= 4 is 11.7 Å². The van der Waals surface area contributed by atoms with Crippen LogP contribution in [0.15, 0.2) is 30.3 Å². The smallest absolute Gasteiger partial charge is 0.227 e. The molecule has 1 N–H and O–H groups in total. The topological polar surface area (TPSA) is 65.4 Å². The van der Waals surface area contributed by atoms with Crippen LogP contribution in [-0.2, 0) is 14.3 Å². The number of carbonyl (C=O) groups is 1. The number of rotatable bonds is 6. The summed E-state index contributed by atoms with van der Waals surface area (Å²) in [6.45, 7) is 3.56. The van der Waals surface area contributed by atoms with Gasteiger partial charge in [-0.1, -0.05) is 12.1 Å². The van der Waals surface area contributed by atoms with E-state index in [1.807, 2.05) is 0 Å². The number of aromatic nitrogens is 2. The molecule has 1 aliphatic heterocycles. The van der Waals surface area contributed by atoms with Gasteiger partial charge in [-0.15, -0.1) is 0 Å². The lowest BCUT2D eigenvalue weighted by atomic mass is 10.1. The SMILES string of the molecule is Cc1cc(NC(=O)CCOC2CCOCC2)n(-c2ccccc2F)n1. The van der Waals surface area contributed by atoms with E-state index in [1.54, 1.807) is 31.2 Å². The van der Waals surface area contributed by atoms with Crippen LogP contribution in [0.25, 0.3) is 5.69 Å². The van der Waals surface area contributed by atoms with Gasteiger partial charge in [0.25, 0.3) is 0 Å². The van der Waals surface area contributed by atoms with Gasteiger partial charge in [0.15, 0.2) is 0 Å². The Morgan fingerprint density at radius 3 is 2.92 bits per heavy atom. The number of nitrogens with zero attached hydrogens (tertiary/aromatic N) is 2. The highest BCUT2D eigenvalue weighted by atomic mass is 19.1. The Balaban J connectivity index is 1.59. The molecule has 1 fully saturated rings. The van der Waals surface area contributed by atoms with E-state index in [-0.39, 0.29) is 18.4 Å². The molecule has 0 atom stereocenters. The maximum atomic E-state index is 14.0. The minimum absolute atomic E-state index is 0.160. The van der Waals surface area contributed by atoms with E-state index in [1.165, 1.54) is 10.7 Å². The Morgan fingerprint density at radius 1 is 1.40 bits per heavy atom. The fourth-order valence-corrected chi connectivity index (χ4v) is 2.76. The summed E-state index contributed by atoms with van der Waals surface area (Å²) in [6, 6.07) is 8.03. The lowest BCUT2D eigenvalue weighted by Gasteiger charge is -2.22. The summed E-state index contributed by atoms with van der Waals surface area (Å²) in [5.41, 5.74) is 0.987. The molecular weight excluding hydrogens is 325 g/mol. The summed E-state index contributed by atoms with van der Waals surface area (Å²) in [6.07, 6.45) is 2.12. The highest BCUT2D eigenvalue weighted by Gasteiger charge is 2.16. The van der Waals surface area contributed by atoms with Crippen molar-refractivity contribution < 1.29 is 18.7 Å². The molecule has 1 amide bonds. The van der Waals surface area contributed by atoms with E-state index in [4.69, 9.17) is 9.47 Å². The number of hydrogen-bond acceptors (Lipinski definition) is 4. The maximum Gasteiger partial charge on any atom is 0.227 e. The number of nitrogens with one attached hydrogen (secondary N) is 1. The Labute approximate surface area is 145 Å². The third-order valence-electron chi connectivity index (χ3n) is 4.03. The van der Waals surface area contributed by atoms with Crippen molar-refractivity contribution in [3.8, 4) is 5.69 Å². The van der Waals surface area contributed by atoms with Gasteiger partial charge in [-0.3, -0.25) is 4.79 Å². The first-order chi connectivity index (χ1) is 12.1. The molecule has 1 aromatic carbocycles. The molecule has 3 rings (SSSR count). The molecule has 0 radical (unpaired) electrons. The van der Waals surface area contributed by atoms with Crippen LogP contribution < -0.4 is 5.32 Å². The van der Waals surface area contributed by atoms with Gasteiger partial charge in [0.05, 0.1) is 24.8 Å². The molecule has 1 aromatic heterocycles. The molecule has 0 aliphatic carbocycles. The van der Waals surface area contributed by atoms with Crippen LogP contribution in [0.1, 0.15) is 25.0 Å². The molecule has 25 heavy (non-hydrogen) atoms. The summed E-state index contributed by atoms with van der Waals surface area (Å²) in [7, 11) is 0. The zero-order chi connectivity index (χ0) is 17.6. The number of halogens is 1. The van der Waals surface area contributed by atoms with Crippen molar-refractivity contribution in [1.82, 2.24) is 9.78 Å². The fraction of sp³-hybridized carbons (Fsp3) is 0.444. The fourth-order valence-electron chi connectivity index (χ4n) is 2.76. The number of hydrogen-bond donors (Lipinski definition) is 1. The van der Waals surface area contributed by atoms with Crippen LogP contribution in [0.3, 0.4) is 0 Å². The van der Waals surface area contributed by atoms with Gasteiger partial charge in [0, 0.05) is 19.3 Å². The van der Waals surface area contributed by atoms with Crippen molar-refractivity contribution in [2.24, 2.45) is 0 Å². The number of para-hydroxylation sites is 1. The predicted molar refractivity (Wildman–Crippen MR) is 91.3 cm³/mol. The molecule has 2 heterocycles. The second-order valence-electron chi connectivity index (χ2n) is 6.01. The van der Waals surface area contributed by atoms with Crippen molar-refractivity contribution in [3.63, 3.8) is 0 Å². The molecule has 1 saturated heterocycles. The van der Waals surface area contributed by atoms with Crippen molar-refractivity contribution in [3.05, 3.63) is 41.8 Å². The zero-order valence-corrected chi connectivity index (χ0v) is 14.2. The van der Waals surface area contributed by atoms with E-state index in [9.17, 15) is 9.18 Å². The normalized spacial score (nSPS) is 15.3. The van der Waals surface area contributed by atoms with E-state index in [0.717, 1.165) is 12.8 Å². The molecule has 0 unspecified atom stereocenters. The Hall–Kier alpha value is -2.25. The van der Waals surface area contributed by atoms with Crippen LogP contribution >= 0.6 is 0 Å². The van der Waals surface area contributed by atoms with Crippen LogP contribution in [0.5, 0.6) is 0 Å². The Kier molecular flexibility index (Phi) is 5.78.